The molecule has 3 nitrogen and oxygen atoms in total. The lowest BCUT2D eigenvalue weighted by atomic mass is 9.77. The van der Waals surface area contributed by atoms with Crippen LogP contribution in [0.1, 0.15) is 64.0 Å². The second-order valence-electron chi connectivity index (χ2n) is 6.10. The summed E-state index contributed by atoms with van der Waals surface area (Å²) >= 11 is 0. The standard InChI is InChI=1S/C15H26N2O/c1-12(2)10-15(7-3-4-8-15)13-11-17-14(18-13)6-5-9-16/h11-12H,3-10,16H2,1-2H3. The molecule has 2 N–H and O–H groups in total. The normalized spacial score (nSPS) is 18.7. The molecule has 0 saturated heterocycles. The quantitative estimate of drug-likeness (QED) is 0.841. The summed E-state index contributed by atoms with van der Waals surface area (Å²) in [5, 5.41) is 0. The summed E-state index contributed by atoms with van der Waals surface area (Å²) in [5.41, 5.74) is 5.79. The molecular formula is C15H26N2O. The number of rotatable bonds is 6. The minimum Gasteiger partial charge on any atom is -0.445 e. The summed E-state index contributed by atoms with van der Waals surface area (Å²) in [6.07, 6.45) is 10.2. The van der Waals surface area contributed by atoms with E-state index in [-0.39, 0.29) is 5.41 Å². The zero-order valence-corrected chi connectivity index (χ0v) is 11.7. The maximum atomic E-state index is 6.01. The van der Waals surface area contributed by atoms with Crippen molar-refractivity contribution in [3.05, 3.63) is 17.8 Å². The Bertz CT molecular complexity index is 364. The summed E-state index contributed by atoms with van der Waals surface area (Å²) < 4.78 is 6.01. The van der Waals surface area contributed by atoms with Gasteiger partial charge in [-0.15, -0.1) is 0 Å². The average Bonchev–Trinajstić information content (AvgIpc) is 2.94. The first-order chi connectivity index (χ1) is 8.66. The number of aryl methyl sites for hydroxylation is 1. The van der Waals surface area contributed by atoms with Gasteiger partial charge in [-0.2, -0.15) is 0 Å². The molecule has 1 aliphatic rings. The average molecular weight is 250 g/mol. The van der Waals surface area contributed by atoms with E-state index in [0.29, 0.717) is 12.5 Å². The molecule has 1 saturated carbocycles. The lowest BCUT2D eigenvalue weighted by Crippen LogP contribution is -2.23. The zero-order chi connectivity index (χ0) is 13.0. The van der Waals surface area contributed by atoms with E-state index in [1.54, 1.807) is 0 Å². The highest BCUT2D eigenvalue weighted by Gasteiger charge is 2.39. The Morgan fingerprint density at radius 2 is 2.11 bits per heavy atom. The van der Waals surface area contributed by atoms with Gasteiger partial charge in [0.15, 0.2) is 5.89 Å². The molecule has 18 heavy (non-hydrogen) atoms. The first kappa shape index (κ1) is 13.6. The predicted molar refractivity (Wildman–Crippen MR) is 73.5 cm³/mol. The van der Waals surface area contributed by atoms with Crippen LogP contribution in [0.25, 0.3) is 0 Å². The van der Waals surface area contributed by atoms with Crippen molar-refractivity contribution in [2.75, 3.05) is 6.54 Å². The Balaban J connectivity index is 2.13. The molecule has 1 fully saturated rings. The van der Waals surface area contributed by atoms with Gasteiger partial charge in [0.1, 0.15) is 5.76 Å². The lowest BCUT2D eigenvalue weighted by molar-refractivity contribution is 0.277. The van der Waals surface area contributed by atoms with Gasteiger partial charge in [-0.3, -0.25) is 0 Å². The number of oxazole rings is 1. The van der Waals surface area contributed by atoms with Crippen molar-refractivity contribution in [3.8, 4) is 0 Å². The summed E-state index contributed by atoms with van der Waals surface area (Å²) in [6.45, 7) is 5.30. The molecule has 0 unspecified atom stereocenters. The monoisotopic (exact) mass is 250 g/mol. The van der Waals surface area contributed by atoms with Crippen molar-refractivity contribution < 1.29 is 4.42 Å². The van der Waals surface area contributed by atoms with Gasteiger partial charge in [0.25, 0.3) is 0 Å². The van der Waals surface area contributed by atoms with Crippen molar-refractivity contribution >= 4 is 0 Å². The van der Waals surface area contributed by atoms with E-state index >= 15 is 0 Å². The summed E-state index contributed by atoms with van der Waals surface area (Å²) in [7, 11) is 0. The fourth-order valence-electron chi connectivity index (χ4n) is 3.31. The van der Waals surface area contributed by atoms with Crippen LogP contribution in [0.2, 0.25) is 0 Å². The Labute approximate surface area is 110 Å². The molecule has 2 rings (SSSR count). The maximum Gasteiger partial charge on any atom is 0.194 e. The topological polar surface area (TPSA) is 52.0 Å². The summed E-state index contributed by atoms with van der Waals surface area (Å²) in [5.74, 6) is 2.70. The van der Waals surface area contributed by atoms with E-state index in [4.69, 9.17) is 10.2 Å². The van der Waals surface area contributed by atoms with Gasteiger partial charge in [0.2, 0.25) is 0 Å². The van der Waals surface area contributed by atoms with E-state index in [1.165, 1.54) is 32.1 Å². The zero-order valence-electron chi connectivity index (χ0n) is 11.7. The van der Waals surface area contributed by atoms with Gasteiger partial charge < -0.3 is 10.2 Å². The van der Waals surface area contributed by atoms with Crippen LogP contribution in [-0.4, -0.2) is 11.5 Å². The number of hydrogen-bond donors (Lipinski definition) is 1. The molecule has 102 valence electrons. The van der Waals surface area contributed by atoms with Crippen molar-refractivity contribution in [1.29, 1.82) is 0 Å². The Morgan fingerprint density at radius 3 is 2.72 bits per heavy atom. The molecule has 0 aromatic carbocycles. The molecule has 0 atom stereocenters. The van der Waals surface area contributed by atoms with Gasteiger partial charge in [-0.1, -0.05) is 26.7 Å². The first-order valence-corrected chi connectivity index (χ1v) is 7.31. The number of aromatic nitrogens is 1. The van der Waals surface area contributed by atoms with E-state index in [9.17, 15) is 0 Å². The third kappa shape index (κ3) is 2.94. The van der Waals surface area contributed by atoms with Gasteiger partial charge in [-0.05, 0) is 38.1 Å². The van der Waals surface area contributed by atoms with Gasteiger partial charge in [0.05, 0.1) is 6.20 Å². The van der Waals surface area contributed by atoms with Crippen LogP contribution >= 0.6 is 0 Å². The van der Waals surface area contributed by atoms with Crippen LogP contribution in [0.5, 0.6) is 0 Å². The van der Waals surface area contributed by atoms with Crippen molar-refractivity contribution in [2.24, 2.45) is 11.7 Å². The maximum absolute atomic E-state index is 6.01. The summed E-state index contributed by atoms with van der Waals surface area (Å²) in [4.78, 5) is 4.43. The SMILES string of the molecule is CC(C)CC1(c2cnc(CCCN)o2)CCCC1. The smallest absolute Gasteiger partial charge is 0.194 e. The molecule has 0 radical (unpaired) electrons. The van der Waals surface area contributed by atoms with Gasteiger partial charge in [-0.25, -0.2) is 4.98 Å². The van der Waals surface area contributed by atoms with Gasteiger partial charge >= 0.3 is 0 Å². The molecule has 0 bridgehead atoms. The van der Waals surface area contributed by atoms with E-state index < -0.39 is 0 Å². The molecule has 0 amide bonds. The van der Waals surface area contributed by atoms with Crippen LogP contribution in [0.15, 0.2) is 10.6 Å². The number of nitrogens with two attached hydrogens (primary N) is 1. The molecule has 1 aromatic heterocycles. The van der Waals surface area contributed by atoms with Crippen LogP contribution in [0.3, 0.4) is 0 Å². The highest BCUT2D eigenvalue weighted by Crippen LogP contribution is 2.45. The van der Waals surface area contributed by atoms with Crippen LogP contribution in [0.4, 0.5) is 0 Å². The van der Waals surface area contributed by atoms with E-state index in [1.807, 2.05) is 6.20 Å². The predicted octanol–water partition coefficient (Wildman–Crippen LogP) is 3.42. The Kier molecular flexibility index (Phi) is 4.44. The molecule has 0 spiro atoms. The van der Waals surface area contributed by atoms with E-state index in [0.717, 1.165) is 24.5 Å². The minimum absolute atomic E-state index is 0.266. The molecule has 3 heteroatoms. The highest BCUT2D eigenvalue weighted by molar-refractivity contribution is 5.14. The second-order valence-corrected chi connectivity index (χ2v) is 6.10. The minimum atomic E-state index is 0.266. The fourth-order valence-corrected chi connectivity index (χ4v) is 3.31. The number of nitrogens with zero attached hydrogens (tertiary/aromatic N) is 1. The molecular weight excluding hydrogens is 224 g/mol. The molecule has 0 aliphatic heterocycles. The third-order valence-electron chi connectivity index (χ3n) is 4.03. The van der Waals surface area contributed by atoms with Gasteiger partial charge in [0, 0.05) is 11.8 Å². The fraction of sp³-hybridized carbons (Fsp3) is 0.800. The van der Waals surface area contributed by atoms with E-state index in [2.05, 4.69) is 18.8 Å². The lowest BCUT2D eigenvalue weighted by Gasteiger charge is -2.28. The van der Waals surface area contributed by atoms with Crippen LogP contribution < -0.4 is 5.73 Å². The second kappa shape index (κ2) is 5.87. The van der Waals surface area contributed by atoms with Crippen molar-refractivity contribution in [1.82, 2.24) is 4.98 Å². The summed E-state index contributed by atoms with van der Waals surface area (Å²) in [6, 6.07) is 0. The first-order valence-electron chi connectivity index (χ1n) is 7.31. The molecule has 1 aliphatic carbocycles. The third-order valence-corrected chi connectivity index (χ3v) is 4.03. The molecule has 1 aromatic rings. The largest absolute Gasteiger partial charge is 0.445 e. The van der Waals surface area contributed by atoms with Crippen LogP contribution in [-0.2, 0) is 11.8 Å². The number of hydrogen-bond acceptors (Lipinski definition) is 3. The van der Waals surface area contributed by atoms with Crippen molar-refractivity contribution in [2.45, 2.75) is 64.2 Å². The molecule has 1 heterocycles. The Morgan fingerprint density at radius 1 is 1.39 bits per heavy atom. The highest BCUT2D eigenvalue weighted by atomic mass is 16.4. The van der Waals surface area contributed by atoms with Crippen molar-refractivity contribution in [3.63, 3.8) is 0 Å². The van der Waals surface area contributed by atoms with Crippen LogP contribution in [0, 0.1) is 5.92 Å². The Hall–Kier alpha value is -0.830.